The normalized spacial score (nSPS) is 19.9. The lowest BCUT2D eigenvalue weighted by Crippen LogP contribution is -2.44. The van der Waals surface area contributed by atoms with Crippen LogP contribution in [0.2, 0.25) is 0 Å². The van der Waals surface area contributed by atoms with Gasteiger partial charge >= 0.3 is 6.03 Å². The third-order valence-corrected chi connectivity index (χ3v) is 6.50. The molecule has 5 rings (SSSR count). The number of rotatable bonds is 4. The number of hydrogen-bond acceptors (Lipinski definition) is 6. The highest BCUT2D eigenvalue weighted by molar-refractivity contribution is 9.10. The fourth-order valence-corrected chi connectivity index (χ4v) is 4.61. The number of aromatic amines is 1. The van der Waals surface area contributed by atoms with E-state index < -0.39 is 0 Å². The lowest BCUT2D eigenvalue weighted by atomic mass is 10.2. The maximum atomic E-state index is 13.1. The molecular formula is C22H24BrN7O2. The van der Waals surface area contributed by atoms with Gasteiger partial charge in [-0.05, 0) is 24.6 Å². The maximum Gasteiger partial charge on any atom is 0.318 e. The molecule has 2 unspecified atom stereocenters. The van der Waals surface area contributed by atoms with Crippen LogP contribution >= 0.6 is 15.9 Å². The van der Waals surface area contributed by atoms with Crippen LogP contribution in [0.4, 0.5) is 10.6 Å². The predicted molar refractivity (Wildman–Crippen MR) is 123 cm³/mol. The van der Waals surface area contributed by atoms with E-state index in [4.69, 9.17) is 4.74 Å². The zero-order chi connectivity index (χ0) is 22.1. The first kappa shape index (κ1) is 20.9. The van der Waals surface area contributed by atoms with Crippen molar-refractivity contribution in [3.63, 3.8) is 0 Å². The quantitative estimate of drug-likeness (QED) is 0.574. The highest BCUT2D eigenvalue weighted by Crippen LogP contribution is 2.32. The Labute approximate surface area is 194 Å². The Kier molecular flexibility index (Phi) is 5.79. The number of nitrogens with one attached hydrogen (secondary N) is 2. The molecule has 1 fully saturated rings. The number of methoxy groups -OCH3 is 1. The summed E-state index contributed by atoms with van der Waals surface area (Å²) in [5.41, 5.74) is 1.95. The van der Waals surface area contributed by atoms with Crippen molar-refractivity contribution in [3.8, 4) is 11.4 Å². The highest BCUT2D eigenvalue weighted by Gasteiger charge is 2.38. The van der Waals surface area contributed by atoms with E-state index in [2.05, 4.69) is 46.3 Å². The summed E-state index contributed by atoms with van der Waals surface area (Å²) in [5, 5.41) is 10.2. The number of aromatic nitrogens is 4. The van der Waals surface area contributed by atoms with Crippen molar-refractivity contribution < 1.29 is 9.53 Å². The molecule has 9 nitrogen and oxygen atoms in total. The van der Waals surface area contributed by atoms with Gasteiger partial charge in [-0.1, -0.05) is 34.1 Å². The summed E-state index contributed by atoms with van der Waals surface area (Å²) in [6.45, 7) is 2.19. The monoisotopic (exact) mass is 497 g/mol. The number of urea groups is 1. The molecule has 4 heterocycles. The number of halogens is 1. The van der Waals surface area contributed by atoms with E-state index in [0.717, 1.165) is 34.4 Å². The molecule has 2 N–H and O–H groups in total. The van der Waals surface area contributed by atoms with Crippen LogP contribution in [0.5, 0.6) is 0 Å². The summed E-state index contributed by atoms with van der Waals surface area (Å²) in [5.74, 6) is 2.15. The standard InChI is InChI=1S/C22H24BrN7O2/c1-32-18-9-17-12-29(11-15-3-2-8-24-21(15)30(17)13-18)22(31)25-10-19-26-20(28-27-19)14-4-6-16(23)7-5-14/h2-8,17-18H,9-13H2,1H3,(H,25,31)(H,26,27,28). The molecule has 0 spiro atoms. The zero-order valence-electron chi connectivity index (χ0n) is 17.7. The van der Waals surface area contributed by atoms with Gasteiger partial charge in [0.05, 0.1) is 25.2 Å². The van der Waals surface area contributed by atoms with Gasteiger partial charge in [0.25, 0.3) is 0 Å². The number of nitrogens with zero attached hydrogens (tertiary/aromatic N) is 5. The molecule has 1 saturated heterocycles. The van der Waals surface area contributed by atoms with Crippen molar-refractivity contribution in [2.45, 2.75) is 31.7 Å². The number of benzene rings is 1. The number of hydrogen-bond donors (Lipinski definition) is 2. The molecule has 1 aromatic carbocycles. The van der Waals surface area contributed by atoms with Gasteiger partial charge in [-0.3, -0.25) is 5.10 Å². The van der Waals surface area contributed by atoms with E-state index in [1.807, 2.05) is 41.3 Å². The van der Waals surface area contributed by atoms with Crippen LogP contribution in [0.15, 0.2) is 47.1 Å². The number of carbonyl (C=O) groups is 1. The Morgan fingerprint density at radius 2 is 2.12 bits per heavy atom. The van der Waals surface area contributed by atoms with Crippen molar-refractivity contribution >= 4 is 27.8 Å². The Balaban J connectivity index is 1.27. The van der Waals surface area contributed by atoms with Crippen molar-refractivity contribution in [1.29, 1.82) is 0 Å². The molecule has 0 radical (unpaired) electrons. The summed E-state index contributed by atoms with van der Waals surface area (Å²) in [6.07, 6.45) is 2.82. The van der Waals surface area contributed by atoms with Gasteiger partial charge in [0.1, 0.15) is 11.6 Å². The number of anilines is 1. The van der Waals surface area contributed by atoms with Crippen molar-refractivity contribution in [1.82, 2.24) is 30.4 Å². The minimum atomic E-state index is -0.135. The molecule has 0 bridgehead atoms. The van der Waals surface area contributed by atoms with Gasteiger partial charge in [0, 0.05) is 42.0 Å². The number of H-pyrrole nitrogens is 1. The van der Waals surface area contributed by atoms with Gasteiger partial charge < -0.3 is 19.9 Å². The number of carbonyl (C=O) groups excluding carboxylic acids is 1. The second kappa shape index (κ2) is 8.87. The van der Waals surface area contributed by atoms with E-state index in [9.17, 15) is 4.79 Å². The van der Waals surface area contributed by atoms with Gasteiger partial charge in [-0.15, -0.1) is 0 Å². The van der Waals surface area contributed by atoms with Crippen molar-refractivity contribution in [2.75, 3.05) is 25.1 Å². The van der Waals surface area contributed by atoms with Gasteiger partial charge in [0.2, 0.25) is 0 Å². The largest absolute Gasteiger partial charge is 0.380 e. The number of fused-ring (bicyclic) bond motifs is 3. The third-order valence-electron chi connectivity index (χ3n) is 5.97. The van der Waals surface area contributed by atoms with E-state index >= 15 is 0 Å². The molecule has 2 atom stereocenters. The predicted octanol–water partition coefficient (Wildman–Crippen LogP) is 2.95. The smallest absolute Gasteiger partial charge is 0.318 e. The lowest BCUT2D eigenvalue weighted by Gasteiger charge is -2.26. The Morgan fingerprint density at radius 1 is 1.28 bits per heavy atom. The summed E-state index contributed by atoms with van der Waals surface area (Å²) in [4.78, 5) is 26.3. The zero-order valence-corrected chi connectivity index (χ0v) is 19.2. The van der Waals surface area contributed by atoms with E-state index in [1.165, 1.54) is 0 Å². The summed E-state index contributed by atoms with van der Waals surface area (Å²) in [7, 11) is 1.74. The van der Waals surface area contributed by atoms with Crippen LogP contribution in [-0.4, -0.2) is 63.4 Å². The summed E-state index contributed by atoms with van der Waals surface area (Å²) in [6, 6.07) is 11.8. The van der Waals surface area contributed by atoms with Gasteiger partial charge in [-0.2, -0.15) is 5.10 Å². The SMILES string of the molecule is COC1CC2CN(C(=O)NCc3nc(-c4ccc(Br)cc4)n[nH]3)Cc3cccnc3N2C1. The van der Waals surface area contributed by atoms with Crippen LogP contribution in [-0.2, 0) is 17.8 Å². The maximum absolute atomic E-state index is 13.1. The fraction of sp³-hybridized carbons (Fsp3) is 0.364. The first-order chi connectivity index (χ1) is 15.6. The minimum Gasteiger partial charge on any atom is -0.380 e. The second-order valence-corrected chi connectivity index (χ2v) is 8.95. The van der Waals surface area contributed by atoms with Crippen molar-refractivity contribution in [2.24, 2.45) is 0 Å². The summed E-state index contributed by atoms with van der Waals surface area (Å²) >= 11 is 3.43. The number of amides is 2. The highest BCUT2D eigenvalue weighted by atomic mass is 79.9. The Morgan fingerprint density at radius 3 is 2.94 bits per heavy atom. The lowest BCUT2D eigenvalue weighted by molar-refractivity contribution is 0.116. The van der Waals surface area contributed by atoms with E-state index in [0.29, 0.717) is 24.7 Å². The minimum absolute atomic E-state index is 0.135. The first-order valence-corrected chi connectivity index (χ1v) is 11.3. The van der Waals surface area contributed by atoms with Crippen LogP contribution in [0.3, 0.4) is 0 Å². The van der Waals surface area contributed by atoms with Crippen LogP contribution in [0.25, 0.3) is 11.4 Å². The molecule has 2 aromatic heterocycles. The summed E-state index contributed by atoms with van der Waals surface area (Å²) < 4.78 is 6.59. The second-order valence-electron chi connectivity index (χ2n) is 8.04. The first-order valence-electron chi connectivity index (χ1n) is 10.5. The van der Waals surface area contributed by atoms with Gasteiger partial charge in [0.15, 0.2) is 5.82 Å². The average molecular weight is 498 g/mol. The molecule has 10 heteroatoms. The molecular weight excluding hydrogens is 474 g/mol. The van der Waals surface area contributed by atoms with Crippen LogP contribution in [0, 0.1) is 0 Å². The molecule has 0 saturated carbocycles. The molecule has 3 aromatic rings. The van der Waals surface area contributed by atoms with Gasteiger partial charge in [-0.25, -0.2) is 14.8 Å². The average Bonchev–Trinajstić information content (AvgIpc) is 3.42. The molecule has 2 aliphatic heterocycles. The molecule has 166 valence electrons. The fourth-order valence-electron chi connectivity index (χ4n) is 4.34. The van der Waals surface area contributed by atoms with Crippen molar-refractivity contribution in [3.05, 3.63) is 58.5 Å². The van der Waals surface area contributed by atoms with E-state index in [-0.39, 0.29) is 24.7 Å². The van der Waals surface area contributed by atoms with Crippen LogP contribution in [0.1, 0.15) is 17.8 Å². The topological polar surface area (TPSA) is 99.3 Å². The molecule has 2 aliphatic rings. The molecule has 32 heavy (non-hydrogen) atoms. The van der Waals surface area contributed by atoms with Crippen LogP contribution < -0.4 is 10.2 Å². The Bertz CT molecular complexity index is 1100. The third kappa shape index (κ3) is 4.20. The Hall–Kier alpha value is -2.98. The number of ether oxygens (including phenoxy) is 1. The molecule has 0 aliphatic carbocycles. The molecule has 2 amide bonds. The number of pyridine rings is 1. The van der Waals surface area contributed by atoms with E-state index in [1.54, 1.807) is 13.3 Å².